The molecule has 1 aliphatic heterocycles. The maximum absolute atomic E-state index is 12.3. The summed E-state index contributed by atoms with van der Waals surface area (Å²) in [6.45, 7) is 6.36. The van der Waals surface area contributed by atoms with Gasteiger partial charge >= 0.3 is 6.18 Å². The molecule has 1 rings (SSSR count). The second-order valence-corrected chi connectivity index (χ2v) is 5.73. The number of Topliss-reactive ketones (excluding diaryl/α,β-unsaturated/α-hetero) is 2. The number of hydrogen-bond acceptors (Lipinski definition) is 4. The zero-order valence-corrected chi connectivity index (χ0v) is 11.0. The molecule has 2 atom stereocenters. The first-order valence-electron chi connectivity index (χ1n) is 5.23. The molecule has 0 spiro atoms. The molecule has 0 radical (unpaired) electrons. The third-order valence-electron chi connectivity index (χ3n) is 2.67. The van der Waals surface area contributed by atoms with Crippen molar-refractivity contribution in [1.82, 2.24) is 0 Å². The minimum atomic E-state index is -5.20. The molecule has 0 N–H and O–H groups in total. The van der Waals surface area contributed by atoms with E-state index in [1.165, 1.54) is 19.1 Å². The Labute approximate surface area is 111 Å². The predicted octanol–water partition coefficient (Wildman–Crippen LogP) is 2.47. The van der Waals surface area contributed by atoms with E-state index in [0.717, 1.165) is 0 Å². The smallest absolute Gasteiger partial charge is 0.296 e. The molecule has 0 aliphatic carbocycles. The normalized spacial score (nSPS) is 28.7. The molecule has 1 unspecified atom stereocenters. The van der Waals surface area contributed by atoms with Gasteiger partial charge in [0.05, 0.1) is 4.75 Å². The minimum Gasteiger partial charge on any atom is -0.296 e. The molecule has 0 saturated carbocycles. The van der Waals surface area contributed by atoms with E-state index in [9.17, 15) is 27.6 Å². The van der Waals surface area contributed by atoms with Gasteiger partial charge in [-0.05, 0) is 13.8 Å². The first-order chi connectivity index (χ1) is 8.53. The van der Waals surface area contributed by atoms with Crippen LogP contribution >= 0.6 is 11.8 Å². The molecule has 3 nitrogen and oxygen atoms in total. The highest BCUT2D eigenvalue weighted by Gasteiger charge is 2.58. The maximum atomic E-state index is 12.3. The molecular formula is C12H11F3O3S. The third kappa shape index (κ3) is 2.97. The fourth-order valence-corrected chi connectivity index (χ4v) is 2.91. The number of allylic oxidation sites excluding steroid dienone is 2. The summed E-state index contributed by atoms with van der Waals surface area (Å²) in [4.78, 5) is 34.6. The average molecular weight is 292 g/mol. The Balaban J connectivity index is 3.17. The van der Waals surface area contributed by atoms with E-state index >= 15 is 0 Å². The lowest BCUT2D eigenvalue weighted by Crippen LogP contribution is -2.39. The summed E-state index contributed by atoms with van der Waals surface area (Å²) in [5.74, 6) is -5.60. The standard InChI is InChI=1S/C12H11F3O3S/c1-4-6(2)5-11(3)8(16)7(10(18)19-11)9(17)12(13,14)15/h4-5,7H,1H2,2-3H3/b6-5+/t7?,11-/m1/s1. The van der Waals surface area contributed by atoms with Crippen molar-refractivity contribution < 1.29 is 27.6 Å². The molecule has 0 aromatic carbocycles. The molecule has 0 aromatic rings. The van der Waals surface area contributed by atoms with Gasteiger partial charge in [-0.2, -0.15) is 13.2 Å². The fraction of sp³-hybridized carbons (Fsp3) is 0.417. The van der Waals surface area contributed by atoms with Crippen molar-refractivity contribution in [3.63, 3.8) is 0 Å². The summed E-state index contributed by atoms with van der Waals surface area (Å²) >= 11 is 0.439. The van der Waals surface area contributed by atoms with Crippen LogP contribution in [0.25, 0.3) is 0 Å². The van der Waals surface area contributed by atoms with Gasteiger partial charge < -0.3 is 0 Å². The van der Waals surface area contributed by atoms with Gasteiger partial charge in [0.15, 0.2) is 11.7 Å². The highest BCUT2D eigenvalue weighted by atomic mass is 32.2. The lowest BCUT2D eigenvalue weighted by atomic mass is 9.90. The average Bonchev–Trinajstić information content (AvgIpc) is 2.47. The van der Waals surface area contributed by atoms with Gasteiger partial charge in [0, 0.05) is 0 Å². The van der Waals surface area contributed by atoms with E-state index in [1.54, 1.807) is 6.92 Å². The van der Waals surface area contributed by atoms with Crippen LogP contribution in [-0.4, -0.2) is 27.6 Å². The van der Waals surface area contributed by atoms with Crippen LogP contribution in [0.2, 0.25) is 0 Å². The quantitative estimate of drug-likeness (QED) is 0.592. The summed E-state index contributed by atoms with van der Waals surface area (Å²) < 4.78 is 35.5. The molecule has 104 valence electrons. The van der Waals surface area contributed by atoms with Crippen LogP contribution in [0.1, 0.15) is 13.8 Å². The molecule has 1 fully saturated rings. The van der Waals surface area contributed by atoms with E-state index in [-0.39, 0.29) is 0 Å². The molecule has 0 aromatic heterocycles. The Bertz CT molecular complexity index is 493. The van der Waals surface area contributed by atoms with Crippen molar-refractivity contribution in [2.45, 2.75) is 24.8 Å². The summed E-state index contributed by atoms with van der Waals surface area (Å²) in [5, 5.41) is -1.07. The fourth-order valence-electron chi connectivity index (χ4n) is 1.70. The van der Waals surface area contributed by atoms with Gasteiger partial charge in [-0.1, -0.05) is 36.1 Å². The van der Waals surface area contributed by atoms with Crippen LogP contribution in [0.4, 0.5) is 13.2 Å². The van der Waals surface area contributed by atoms with Crippen LogP contribution in [0.15, 0.2) is 24.3 Å². The van der Waals surface area contributed by atoms with E-state index in [4.69, 9.17) is 0 Å². The third-order valence-corrected chi connectivity index (χ3v) is 3.85. The molecule has 1 saturated heterocycles. The molecule has 0 amide bonds. The highest BCUT2D eigenvalue weighted by molar-refractivity contribution is 8.16. The summed E-state index contributed by atoms with van der Waals surface area (Å²) in [7, 11) is 0. The van der Waals surface area contributed by atoms with Crippen LogP contribution < -0.4 is 0 Å². The Morgan fingerprint density at radius 3 is 2.37 bits per heavy atom. The topological polar surface area (TPSA) is 51.2 Å². The number of ketones is 2. The van der Waals surface area contributed by atoms with Gasteiger partial charge in [0.25, 0.3) is 5.78 Å². The van der Waals surface area contributed by atoms with Crippen LogP contribution in [0, 0.1) is 5.92 Å². The molecule has 0 bridgehead atoms. The Morgan fingerprint density at radius 1 is 1.42 bits per heavy atom. The van der Waals surface area contributed by atoms with E-state index < -0.39 is 33.5 Å². The minimum absolute atomic E-state index is 0.439. The van der Waals surface area contributed by atoms with Crippen molar-refractivity contribution in [3.8, 4) is 0 Å². The first kappa shape index (κ1) is 15.7. The zero-order valence-electron chi connectivity index (χ0n) is 10.2. The number of rotatable bonds is 3. The SMILES string of the molecule is C=C/C(C)=C/[C@@]1(C)SC(=O)C(C(=O)C(F)(F)F)C1=O. The van der Waals surface area contributed by atoms with E-state index in [0.29, 0.717) is 17.3 Å². The molecule has 1 aliphatic rings. The van der Waals surface area contributed by atoms with Crippen molar-refractivity contribution in [2.75, 3.05) is 0 Å². The highest BCUT2D eigenvalue weighted by Crippen LogP contribution is 2.43. The maximum Gasteiger partial charge on any atom is 0.451 e. The molecular weight excluding hydrogens is 281 g/mol. The second kappa shape index (κ2) is 4.96. The van der Waals surface area contributed by atoms with Crippen LogP contribution in [-0.2, 0) is 14.4 Å². The summed E-state index contributed by atoms with van der Waals surface area (Å²) in [6, 6.07) is 0. The number of halogens is 3. The van der Waals surface area contributed by atoms with Gasteiger partial charge in [-0.15, -0.1) is 0 Å². The number of thioether (sulfide) groups is 1. The van der Waals surface area contributed by atoms with Crippen LogP contribution in [0.3, 0.4) is 0 Å². The Kier molecular flexibility index (Phi) is 4.09. The van der Waals surface area contributed by atoms with E-state index in [2.05, 4.69) is 6.58 Å². The lowest BCUT2D eigenvalue weighted by Gasteiger charge is -2.16. The number of carbonyl (C=O) groups is 3. The Hall–Kier alpha value is -1.37. The lowest BCUT2D eigenvalue weighted by molar-refractivity contribution is -0.176. The summed E-state index contributed by atoms with van der Waals surface area (Å²) in [6.07, 6.45) is -2.45. The largest absolute Gasteiger partial charge is 0.451 e. The van der Waals surface area contributed by atoms with Gasteiger partial charge in [0.2, 0.25) is 5.12 Å². The number of hydrogen-bond donors (Lipinski definition) is 0. The van der Waals surface area contributed by atoms with Gasteiger partial charge in [-0.25, -0.2) is 0 Å². The second-order valence-electron chi connectivity index (χ2n) is 4.28. The van der Waals surface area contributed by atoms with Crippen molar-refractivity contribution in [2.24, 2.45) is 5.92 Å². The molecule has 1 heterocycles. The zero-order chi connectivity index (χ0) is 15.0. The first-order valence-corrected chi connectivity index (χ1v) is 6.04. The van der Waals surface area contributed by atoms with Gasteiger partial charge in [0.1, 0.15) is 0 Å². The predicted molar refractivity (Wildman–Crippen MR) is 64.5 cm³/mol. The molecule has 19 heavy (non-hydrogen) atoms. The Morgan fingerprint density at radius 2 is 1.95 bits per heavy atom. The van der Waals surface area contributed by atoms with Crippen molar-refractivity contribution in [3.05, 3.63) is 24.3 Å². The van der Waals surface area contributed by atoms with E-state index in [1.807, 2.05) is 0 Å². The van der Waals surface area contributed by atoms with Crippen LogP contribution in [0.5, 0.6) is 0 Å². The summed E-state index contributed by atoms with van der Waals surface area (Å²) in [5.41, 5.74) is 0.538. The number of carbonyl (C=O) groups excluding carboxylic acids is 3. The monoisotopic (exact) mass is 292 g/mol. The van der Waals surface area contributed by atoms with Gasteiger partial charge in [-0.3, -0.25) is 14.4 Å². The number of alkyl halides is 3. The van der Waals surface area contributed by atoms with Crippen molar-refractivity contribution >= 4 is 28.4 Å². The van der Waals surface area contributed by atoms with Crippen molar-refractivity contribution in [1.29, 1.82) is 0 Å². The molecule has 7 heteroatoms.